The number of rotatable bonds is 6. The monoisotopic (exact) mass is 347 g/mol. The number of aromatic nitrogens is 3. The lowest BCUT2D eigenvalue weighted by Crippen LogP contribution is -2.40. The minimum Gasteiger partial charge on any atom is -0.489 e. The fraction of sp³-hybridized carbons (Fsp3) is 0.438. The molecule has 1 aromatic carbocycles. The molecule has 2 aromatic rings. The third kappa shape index (κ3) is 4.41. The number of benzene rings is 1. The summed E-state index contributed by atoms with van der Waals surface area (Å²) in [6, 6.07) is 9.69. The normalized spacial score (nSPS) is 17.0. The van der Waals surface area contributed by atoms with Gasteiger partial charge in [-0.25, -0.2) is 4.79 Å². The third-order valence-electron chi connectivity index (χ3n) is 3.76. The van der Waals surface area contributed by atoms with E-state index in [0.29, 0.717) is 13.1 Å². The van der Waals surface area contributed by atoms with Crippen LogP contribution in [0.3, 0.4) is 0 Å². The van der Waals surface area contributed by atoms with Crippen LogP contribution in [0.4, 0.5) is 4.79 Å². The van der Waals surface area contributed by atoms with Gasteiger partial charge in [0.2, 0.25) is 0 Å². The lowest BCUT2D eigenvalue weighted by Gasteiger charge is -2.18. The average Bonchev–Trinajstić information content (AvgIpc) is 3.22. The molecule has 0 aliphatic carbocycles. The van der Waals surface area contributed by atoms with Gasteiger partial charge in [0.25, 0.3) is 0 Å². The highest BCUT2D eigenvalue weighted by molar-refractivity contribution is 7.99. The van der Waals surface area contributed by atoms with Crippen LogP contribution < -0.4 is 10.1 Å². The Morgan fingerprint density at radius 3 is 3.00 bits per heavy atom. The van der Waals surface area contributed by atoms with Crippen molar-refractivity contribution in [3.63, 3.8) is 0 Å². The molecule has 8 heteroatoms. The summed E-state index contributed by atoms with van der Waals surface area (Å²) in [4.78, 5) is 14.0. The topological polar surface area (TPSA) is 72.3 Å². The molecule has 1 aliphatic rings. The second kappa shape index (κ2) is 8.05. The smallest absolute Gasteiger partial charge is 0.317 e. The number of urea groups is 1. The van der Waals surface area contributed by atoms with Gasteiger partial charge >= 0.3 is 6.03 Å². The molecule has 1 aliphatic heterocycles. The van der Waals surface area contributed by atoms with Crippen LogP contribution in [-0.2, 0) is 7.05 Å². The maximum Gasteiger partial charge on any atom is 0.317 e. The number of hydrogen-bond donors (Lipinski definition) is 1. The fourth-order valence-corrected chi connectivity index (χ4v) is 3.26. The zero-order valence-electron chi connectivity index (χ0n) is 13.6. The number of aryl methyl sites for hydroxylation is 1. The van der Waals surface area contributed by atoms with Gasteiger partial charge < -0.3 is 19.5 Å². The van der Waals surface area contributed by atoms with Crippen LogP contribution in [0.15, 0.2) is 41.8 Å². The Labute approximate surface area is 145 Å². The maximum absolute atomic E-state index is 12.2. The highest BCUT2D eigenvalue weighted by Crippen LogP contribution is 2.18. The summed E-state index contributed by atoms with van der Waals surface area (Å²) in [7, 11) is 1.90. The first kappa shape index (κ1) is 16.6. The molecule has 2 heterocycles. The van der Waals surface area contributed by atoms with Crippen LogP contribution in [0, 0.1) is 0 Å². The molecular formula is C16H21N5O2S. The number of ether oxygens (including phenoxy) is 1. The second-order valence-corrected chi connectivity index (χ2v) is 6.65. The first-order chi connectivity index (χ1) is 11.7. The number of carbonyl (C=O) groups is 1. The Morgan fingerprint density at radius 1 is 1.42 bits per heavy atom. The summed E-state index contributed by atoms with van der Waals surface area (Å²) in [6.07, 6.45) is 2.58. The summed E-state index contributed by atoms with van der Waals surface area (Å²) in [5.74, 6) is 1.61. The summed E-state index contributed by atoms with van der Waals surface area (Å²) in [5.41, 5.74) is 0. The number of carbonyl (C=O) groups excluding carboxylic acids is 1. The number of para-hydroxylation sites is 1. The van der Waals surface area contributed by atoms with Crippen LogP contribution >= 0.6 is 11.8 Å². The summed E-state index contributed by atoms with van der Waals surface area (Å²) in [5, 5.41) is 11.6. The molecule has 1 atom stereocenters. The molecule has 2 amide bonds. The molecule has 0 radical (unpaired) electrons. The fourth-order valence-electron chi connectivity index (χ4n) is 2.52. The van der Waals surface area contributed by atoms with E-state index in [4.69, 9.17) is 4.74 Å². The van der Waals surface area contributed by atoms with E-state index in [9.17, 15) is 4.79 Å². The van der Waals surface area contributed by atoms with Gasteiger partial charge in [-0.2, -0.15) is 0 Å². The lowest BCUT2D eigenvalue weighted by atomic mass is 10.3. The SMILES string of the molecule is Cn1cnnc1SCCNC(=O)N1CCC(Oc2ccccc2)C1. The Morgan fingerprint density at radius 2 is 2.25 bits per heavy atom. The maximum atomic E-state index is 12.2. The number of amides is 2. The first-order valence-electron chi connectivity index (χ1n) is 7.93. The summed E-state index contributed by atoms with van der Waals surface area (Å²) < 4.78 is 7.76. The van der Waals surface area contributed by atoms with Crippen LogP contribution in [0.2, 0.25) is 0 Å². The highest BCUT2D eigenvalue weighted by atomic mass is 32.2. The van der Waals surface area contributed by atoms with E-state index in [1.807, 2.05) is 41.9 Å². The molecule has 1 N–H and O–H groups in total. The number of thioether (sulfide) groups is 1. The van der Waals surface area contributed by atoms with Crippen LogP contribution in [0.1, 0.15) is 6.42 Å². The van der Waals surface area contributed by atoms with E-state index in [2.05, 4.69) is 15.5 Å². The quantitative estimate of drug-likeness (QED) is 0.637. The van der Waals surface area contributed by atoms with Crippen molar-refractivity contribution >= 4 is 17.8 Å². The minimum atomic E-state index is -0.0345. The molecule has 128 valence electrons. The standard InChI is InChI=1S/C16H21N5O2S/c1-20-12-18-19-16(20)24-10-8-17-15(22)21-9-7-14(11-21)23-13-5-3-2-4-6-13/h2-6,12,14H,7-11H2,1H3,(H,17,22). The molecule has 7 nitrogen and oxygen atoms in total. The zero-order valence-corrected chi connectivity index (χ0v) is 14.4. The van der Waals surface area contributed by atoms with Crippen molar-refractivity contribution in [2.24, 2.45) is 7.05 Å². The molecule has 0 bridgehead atoms. The van der Waals surface area contributed by atoms with E-state index < -0.39 is 0 Å². The number of nitrogens with zero attached hydrogens (tertiary/aromatic N) is 4. The van der Waals surface area contributed by atoms with Gasteiger partial charge in [-0.15, -0.1) is 10.2 Å². The van der Waals surface area contributed by atoms with Crippen molar-refractivity contribution < 1.29 is 9.53 Å². The van der Waals surface area contributed by atoms with Gasteiger partial charge in [-0.1, -0.05) is 30.0 Å². The highest BCUT2D eigenvalue weighted by Gasteiger charge is 2.27. The molecule has 1 unspecified atom stereocenters. The number of nitrogens with one attached hydrogen (secondary N) is 1. The van der Waals surface area contributed by atoms with Crippen LogP contribution in [0.5, 0.6) is 5.75 Å². The second-order valence-electron chi connectivity index (χ2n) is 5.59. The van der Waals surface area contributed by atoms with Gasteiger partial charge in [-0.05, 0) is 12.1 Å². The number of hydrogen-bond acceptors (Lipinski definition) is 5. The van der Waals surface area contributed by atoms with E-state index >= 15 is 0 Å². The van der Waals surface area contributed by atoms with Crippen molar-refractivity contribution in [3.05, 3.63) is 36.7 Å². The Kier molecular flexibility index (Phi) is 5.58. The van der Waals surface area contributed by atoms with Crippen molar-refractivity contribution in [2.45, 2.75) is 17.7 Å². The van der Waals surface area contributed by atoms with Gasteiger partial charge in [0.1, 0.15) is 18.2 Å². The molecule has 24 heavy (non-hydrogen) atoms. The van der Waals surface area contributed by atoms with Gasteiger partial charge in [0.15, 0.2) is 5.16 Å². The van der Waals surface area contributed by atoms with Crippen molar-refractivity contribution in [2.75, 3.05) is 25.4 Å². The van der Waals surface area contributed by atoms with Crippen molar-refractivity contribution in [3.8, 4) is 5.75 Å². The molecule has 1 saturated heterocycles. The molecule has 1 aromatic heterocycles. The van der Waals surface area contributed by atoms with Crippen molar-refractivity contribution in [1.29, 1.82) is 0 Å². The summed E-state index contributed by atoms with van der Waals surface area (Å²) >= 11 is 1.57. The largest absolute Gasteiger partial charge is 0.489 e. The van der Waals surface area contributed by atoms with Crippen LogP contribution in [0.25, 0.3) is 0 Å². The first-order valence-corrected chi connectivity index (χ1v) is 8.92. The van der Waals surface area contributed by atoms with Gasteiger partial charge in [-0.3, -0.25) is 0 Å². The average molecular weight is 347 g/mol. The Bertz CT molecular complexity index is 663. The van der Waals surface area contributed by atoms with Gasteiger partial charge in [0.05, 0.1) is 6.54 Å². The van der Waals surface area contributed by atoms with Crippen LogP contribution in [-0.4, -0.2) is 57.2 Å². The molecule has 0 spiro atoms. The molecule has 3 rings (SSSR count). The Hall–Kier alpha value is -2.22. The van der Waals surface area contributed by atoms with E-state index in [0.717, 1.165) is 29.6 Å². The predicted molar refractivity (Wildman–Crippen MR) is 92.2 cm³/mol. The van der Waals surface area contributed by atoms with Gasteiger partial charge in [0, 0.05) is 32.3 Å². The Balaban J connectivity index is 1.36. The summed E-state index contributed by atoms with van der Waals surface area (Å²) in [6.45, 7) is 1.94. The van der Waals surface area contributed by atoms with E-state index in [-0.39, 0.29) is 12.1 Å². The molecule has 1 fully saturated rings. The zero-order chi connectivity index (χ0) is 16.8. The van der Waals surface area contributed by atoms with E-state index in [1.165, 1.54) is 0 Å². The van der Waals surface area contributed by atoms with Crippen molar-refractivity contribution in [1.82, 2.24) is 25.0 Å². The third-order valence-corrected chi connectivity index (χ3v) is 4.79. The molecular weight excluding hydrogens is 326 g/mol. The predicted octanol–water partition coefficient (Wildman–Crippen LogP) is 1.77. The minimum absolute atomic E-state index is 0.0345. The lowest BCUT2D eigenvalue weighted by molar-refractivity contribution is 0.187. The number of likely N-dealkylation sites (tertiary alicyclic amines) is 1. The van der Waals surface area contributed by atoms with E-state index in [1.54, 1.807) is 23.0 Å². The molecule has 0 saturated carbocycles.